The molecule has 0 radical (unpaired) electrons. The van der Waals surface area contributed by atoms with Gasteiger partial charge in [-0.3, -0.25) is 4.79 Å². The molecule has 0 bridgehead atoms. The van der Waals surface area contributed by atoms with Crippen LogP contribution in [0.25, 0.3) is 0 Å². The Morgan fingerprint density at radius 1 is 0.852 bits per heavy atom. The maximum absolute atomic E-state index is 12.3. The molecule has 0 atom stereocenters. The van der Waals surface area contributed by atoms with Crippen molar-refractivity contribution < 1.29 is 14.3 Å². The van der Waals surface area contributed by atoms with Crippen LogP contribution in [-0.4, -0.2) is 12.7 Å². The van der Waals surface area contributed by atoms with Gasteiger partial charge in [0, 0.05) is 22.8 Å². The Hall–Kier alpha value is -2.92. The molecule has 3 aromatic rings. The van der Waals surface area contributed by atoms with Crippen LogP contribution in [0.4, 0.5) is 5.69 Å². The van der Waals surface area contributed by atoms with Crippen molar-refractivity contribution in [1.29, 1.82) is 0 Å². The summed E-state index contributed by atoms with van der Waals surface area (Å²) >= 11 is 1.82. The van der Waals surface area contributed by atoms with Gasteiger partial charge in [0.2, 0.25) is 6.79 Å². The van der Waals surface area contributed by atoms with Gasteiger partial charge in [-0.15, -0.1) is 0 Å². The minimum atomic E-state index is -0.0965. The molecule has 0 saturated heterocycles. The van der Waals surface area contributed by atoms with Crippen LogP contribution in [0.15, 0.2) is 72.8 Å². The number of amides is 1. The van der Waals surface area contributed by atoms with E-state index in [0.29, 0.717) is 12.4 Å². The zero-order valence-corrected chi connectivity index (χ0v) is 15.5. The van der Waals surface area contributed by atoms with Crippen LogP contribution in [0, 0.1) is 0 Å². The fourth-order valence-corrected chi connectivity index (χ4v) is 3.74. The number of para-hydroxylation sites is 1. The molecule has 1 aliphatic heterocycles. The third-order valence-electron chi connectivity index (χ3n) is 4.22. The summed E-state index contributed by atoms with van der Waals surface area (Å²) in [4.78, 5) is 12.3. The molecule has 0 aromatic heterocycles. The summed E-state index contributed by atoms with van der Waals surface area (Å²) in [5, 5.41) is 2.90. The monoisotopic (exact) mass is 377 g/mol. The number of carbonyl (C=O) groups excluding carboxylic acids is 1. The summed E-state index contributed by atoms with van der Waals surface area (Å²) in [7, 11) is 0. The van der Waals surface area contributed by atoms with E-state index < -0.39 is 0 Å². The van der Waals surface area contributed by atoms with Crippen LogP contribution in [-0.2, 0) is 11.5 Å². The van der Waals surface area contributed by atoms with Gasteiger partial charge in [0.15, 0.2) is 11.5 Å². The number of hydrogen-bond acceptors (Lipinski definition) is 4. The number of thioether (sulfide) groups is 1. The number of anilines is 1. The van der Waals surface area contributed by atoms with Gasteiger partial charge < -0.3 is 14.8 Å². The quantitative estimate of drug-likeness (QED) is 0.649. The fraction of sp³-hybridized carbons (Fsp3) is 0.136. The highest BCUT2D eigenvalue weighted by Crippen LogP contribution is 2.33. The minimum absolute atomic E-state index is 0.0965. The lowest BCUT2D eigenvalue weighted by molar-refractivity contribution is 0.102. The molecule has 0 fully saturated rings. The highest BCUT2D eigenvalue weighted by Gasteiger charge is 2.13. The van der Waals surface area contributed by atoms with Crippen molar-refractivity contribution in [2.24, 2.45) is 0 Å². The van der Waals surface area contributed by atoms with E-state index in [9.17, 15) is 4.79 Å². The number of fused-ring (bicyclic) bond motifs is 1. The first-order valence-corrected chi connectivity index (χ1v) is 9.85. The van der Waals surface area contributed by atoms with Crippen LogP contribution < -0.4 is 14.8 Å². The lowest BCUT2D eigenvalue weighted by Crippen LogP contribution is -2.11. The second-order valence-electron chi connectivity index (χ2n) is 6.20. The van der Waals surface area contributed by atoms with Crippen molar-refractivity contribution in [1.82, 2.24) is 0 Å². The minimum Gasteiger partial charge on any atom is -0.454 e. The van der Waals surface area contributed by atoms with E-state index >= 15 is 0 Å². The van der Waals surface area contributed by atoms with Crippen LogP contribution in [0.3, 0.4) is 0 Å². The molecule has 3 aromatic carbocycles. The Bertz CT molecular complexity index is 926. The van der Waals surface area contributed by atoms with E-state index in [1.807, 2.05) is 78.5 Å². The van der Waals surface area contributed by atoms with E-state index in [0.717, 1.165) is 28.7 Å². The zero-order valence-electron chi connectivity index (χ0n) is 14.7. The van der Waals surface area contributed by atoms with Gasteiger partial charge in [0.1, 0.15) is 0 Å². The number of hydrogen-bond donors (Lipinski definition) is 1. The van der Waals surface area contributed by atoms with Crippen LogP contribution >= 0.6 is 11.8 Å². The predicted molar refractivity (Wildman–Crippen MR) is 108 cm³/mol. The zero-order chi connectivity index (χ0) is 18.5. The molecule has 0 saturated carbocycles. The molecule has 5 heteroatoms. The van der Waals surface area contributed by atoms with Gasteiger partial charge >= 0.3 is 0 Å². The summed E-state index contributed by atoms with van der Waals surface area (Å²) in [5.74, 6) is 3.32. The van der Waals surface area contributed by atoms with Crippen LogP contribution in [0.5, 0.6) is 11.5 Å². The molecule has 27 heavy (non-hydrogen) atoms. The molecule has 1 N–H and O–H groups in total. The van der Waals surface area contributed by atoms with Crippen molar-refractivity contribution in [3.8, 4) is 11.5 Å². The number of benzene rings is 3. The van der Waals surface area contributed by atoms with Crippen molar-refractivity contribution >= 4 is 23.4 Å². The molecule has 1 amide bonds. The highest BCUT2D eigenvalue weighted by molar-refractivity contribution is 7.97. The lowest BCUT2D eigenvalue weighted by atomic mass is 10.1. The number of carbonyl (C=O) groups is 1. The summed E-state index contributed by atoms with van der Waals surface area (Å²) in [6.07, 6.45) is 0. The van der Waals surface area contributed by atoms with Crippen LogP contribution in [0.1, 0.15) is 21.5 Å². The topological polar surface area (TPSA) is 47.6 Å². The second kappa shape index (κ2) is 8.18. The average molecular weight is 377 g/mol. The smallest absolute Gasteiger partial charge is 0.255 e. The number of ether oxygens (including phenoxy) is 2. The fourth-order valence-electron chi connectivity index (χ4n) is 2.79. The van der Waals surface area contributed by atoms with E-state index in [1.54, 1.807) is 0 Å². The largest absolute Gasteiger partial charge is 0.454 e. The van der Waals surface area contributed by atoms with E-state index in [4.69, 9.17) is 9.47 Å². The molecular weight excluding hydrogens is 358 g/mol. The highest BCUT2D eigenvalue weighted by atomic mass is 32.2. The summed E-state index contributed by atoms with van der Waals surface area (Å²) in [5.41, 5.74) is 3.86. The molecule has 4 rings (SSSR count). The Balaban J connectivity index is 1.29. The first kappa shape index (κ1) is 17.5. The summed E-state index contributed by atoms with van der Waals surface area (Å²) < 4.78 is 10.7. The van der Waals surface area contributed by atoms with Gasteiger partial charge in [-0.2, -0.15) is 11.8 Å². The maximum Gasteiger partial charge on any atom is 0.255 e. The molecule has 136 valence electrons. The van der Waals surface area contributed by atoms with Gasteiger partial charge in [0.25, 0.3) is 5.91 Å². The first-order chi connectivity index (χ1) is 13.3. The molecule has 0 aliphatic carbocycles. The van der Waals surface area contributed by atoms with Gasteiger partial charge in [-0.25, -0.2) is 0 Å². The van der Waals surface area contributed by atoms with Crippen molar-refractivity contribution in [3.63, 3.8) is 0 Å². The molecule has 0 spiro atoms. The molecule has 0 unspecified atom stereocenters. The molecule has 1 aliphatic rings. The Labute approximate surface area is 162 Å². The predicted octanol–water partition coefficient (Wildman–Crippen LogP) is 5.10. The first-order valence-electron chi connectivity index (χ1n) is 8.69. The van der Waals surface area contributed by atoms with E-state index in [1.165, 1.54) is 11.1 Å². The van der Waals surface area contributed by atoms with Gasteiger partial charge in [-0.1, -0.05) is 36.4 Å². The van der Waals surface area contributed by atoms with E-state index in [2.05, 4.69) is 11.4 Å². The SMILES string of the molecule is O=C(Nc1ccccc1)c1ccc(CSCc2ccc3c(c2)OCO3)cc1. The van der Waals surface area contributed by atoms with Crippen molar-refractivity contribution in [2.75, 3.05) is 12.1 Å². The second-order valence-corrected chi connectivity index (χ2v) is 7.18. The molecule has 1 heterocycles. The third kappa shape index (κ3) is 4.44. The van der Waals surface area contributed by atoms with Gasteiger partial charge in [-0.05, 0) is 47.5 Å². The lowest BCUT2D eigenvalue weighted by Gasteiger charge is -2.07. The van der Waals surface area contributed by atoms with Crippen LogP contribution in [0.2, 0.25) is 0 Å². The van der Waals surface area contributed by atoms with Crippen molar-refractivity contribution in [2.45, 2.75) is 11.5 Å². The van der Waals surface area contributed by atoms with E-state index in [-0.39, 0.29) is 5.91 Å². The Morgan fingerprint density at radius 2 is 1.56 bits per heavy atom. The number of nitrogens with one attached hydrogen (secondary N) is 1. The Morgan fingerprint density at radius 3 is 2.37 bits per heavy atom. The van der Waals surface area contributed by atoms with Crippen molar-refractivity contribution in [3.05, 3.63) is 89.5 Å². The third-order valence-corrected chi connectivity index (χ3v) is 5.30. The number of rotatable bonds is 6. The Kier molecular flexibility index (Phi) is 5.30. The molecule has 4 nitrogen and oxygen atoms in total. The summed E-state index contributed by atoms with van der Waals surface area (Å²) in [6, 6.07) is 23.3. The molecular formula is C22H19NO3S. The maximum atomic E-state index is 12.3. The standard InChI is InChI=1S/C22H19NO3S/c24-22(23-19-4-2-1-3-5-19)18-9-6-16(7-10-18)13-27-14-17-8-11-20-21(12-17)26-15-25-20/h1-12H,13-15H2,(H,23,24). The van der Waals surface area contributed by atoms with Gasteiger partial charge in [0.05, 0.1) is 0 Å². The average Bonchev–Trinajstić information content (AvgIpc) is 3.17. The normalized spacial score (nSPS) is 12.0. The summed E-state index contributed by atoms with van der Waals surface area (Å²) in [6.45, 7) is 0.302.